The molecule has 0 bridgehead atoms. The summed E-state index contributed by atoms with van der Waals surface area (Å²) in [5.41, 5.74) is 1.18. The van der Waals surface area contributed by atoms with Crippen LogP contribution in [-0.2, 0) is 10.0 Å². The largest absolute Gasteiger partial charge is 0.308 e. The Labute approximate surface area is 116 Å². The lowest BCUT2D eigenvalue weighted by Gasteiger charge is -2.12. The van der Waals surface area contributed by atoms with Gasteiger partial charge in [-0.25, -0.2) is 13.1 Å². The van der Waals surface area contributed by atoms with E-state index in [1.165, 1.54) is 5.56 Å². The van der Waals surface area contributed by atoms with Crippen molar-refractivity contribution in [3.63, 3.8) is 0 Å². The van der Waals surface area contributed by atoms with Crippen LogP contribution >= 0.6 is 0 Å². The highest BCUT2D eigenvalue weighted by atomic mass is 32.2. The number of likely N-dealkylation sites (N-methyl/N-ethyl adjacent to an activating group) is 1. The first-order valence-electron chi connectivity index (χ1n) is 6.61. The molecule has 1 N–H and O–H groups in total. The number of nitrogens with zero attached hydrogens (tertiary/aromatic N) is 1. The van der Waals surface area contributed by atoms with Gasteiger partial charge in [0.1, 0.15) is 0 Å². The molecule has 1 atom stereocenters. The minimum absolute atomic E-state index is 0.332. The molecule has 0 fully saturated rings. The van der Waals surface area contributed by atoms with Gasteiger partial charge in [-0.15, -0.1) is 0 Å². The van der Waals surface area contributed by atoms with Crippen molar-refractivity contribution >= 4 is 10.0 Å². The Morgan fingerprint density at radius 1 is 1.21 bits per heavy atom. The third-order valence-electron chi connectivity index (χ3n) is 3.22. The van der Waals surface area contributed by atoms with E-state index < -0.39 is 10.0 Å². The number of hydrogen-bond donors (Lipinski definition) is 1. The molecule has 0 aliphatic carbocycles. The second-order valence-electron chi connectivity index (χ2n) is 5.08. The van der Waals surface area contributed by atoms with Crippen LogP contribution in [0, 0.1) is 0 Å². The van der Waals surface area contributed by atoms with E-state index in [2.05, 4.69) is 18.6 Å². The maximum absolute atomic E-state index is 12.0. The maximum Gasteiger partial charge on any atom is 0.240 e. The number of sulfonamides is 1. The van der Waals surface area contributed by atoms with Crippen molar-refractivity contribution in [1.82, 2.24) is 9.62 Å². The molecule has 0 aliphatic rings. The third-order valence-corrected chi connectivity index (χ3v) is 4.70. The Bertz CT molecular complexity index is 481. The minimum Gasteiger partial charge on any atom is -0.308 e. The Balaban J connectivity index is 2.73. The van der Waals surface area contributed by atoms with Crippen LogP contribution in [0.15, 0.2) is 29.2 Å². The Morgan fingerprint density at radius 3 is 2.26 bits per heavy atom. The Morgan fingerprint density at radius 2 is 1.79 bits per heavy atom. The van der Waals surface area contributed by atoms with Crippen LogP contribution in [-0.4, -0.2) is 40.5 Å². The molecular formula is C14H24N2O2S. The molecule has 0 radical (unpaired) electrons. The van der Waals surface area contributed by atoms with E-state index in [-0.39, 0.29) is 0 Å². The molecule has 0 aromatic heterocycles. The predicted molar refractivity (Wildman–Crippen MR) is 78.9 cm³/mol. The van der Waals surface area contributed by atoms with E-state index in [0.29, 0.717) is 23.9 Å². The van der Waals surface area contributed by atoms with Crippen LogP contribution in [0.2, 0.25) is 0 Å². The molecule has 5 heteroatoms. The number of nitrogens with one attached hydrogen (secondary N) is 1. The smallest absolute Gasteiger partial charge is 0.240 e. The predicted octanol–water partition coefficient (Wildman–Crippen LogP) is 2.04. The number of rotatable bonds is 7. The highest BCUT2D eigenvalue weighted by Gasteiger charge is 2.13. The fourth-order valence-electron chi connectivity index (χ4n) is 1.70. The summed E-state index contributed by atoms with van der Waals surface area (Å²) in [4.78, 5) is 2.27. The second kappa shape index (κ2) is 7.03. The summed E-state index contributed by atoms with van der Waals surface area (Å²) in [6.45, 7) is 5.36. The molecule has 1 aromatic rings. The topological polar surface area (TPSA) is 49.4 Å². The summed E-state index contributed by atoms with van der Waals surface area (Å²) < 4.78 is 26.7. The summed E-state index contributed by atoms with van der Waals surface area (Å²) in [6.07, 6.45) is 1.05. The lowest BCUT2D eigenvalue weighted by molar-refractivity contribution is 0.412. The Hall–Kier alpha value is -0.910. The molecule has 0 heterocycles. The highest BCUT2D eigenvalue weighted by molar-refractivity contribution is 7.89. The van der Waals surface area contributed by atoms with Crippen molar-refractivity contribution in [2.75, 3.05) is 27.2 Å². The van der Waals surface area contributed by atoms with Crippen molar-refractivity contribution in [1.29, 1.82) is 0 Å². The second-order valence-corrected chi connectivity index (χ2v) is 6.85. The van der Waals surface area contributed by atoms with Gasteiger partial charge in [-0.05, 0) is 44.1 Å². The van der Waals surface area contributed by atoms with E-state index >= 15 is 0 Å². The first-order chi connectivity index (χ1) is 8.86. The lowest BCUT2D eigenvalue weighted by Crippen LogP contribution is -2.31. The van der Waals surface area contributed by atoms with Gasteiger partial charge < -0.3 is 4.90 Å². The molecule has 1 unspecified atom stereocenters. The van der Waals surface area contributed by atoms with Gasteiger partial charge in [0.2, 0.25) is 10.0 Å². The average molecular weight is 284 g/mol. The van der Waals surface area contributed by atoms with Crippen molar-refractivity contribution < 1.29 is 8.42 Å². The van der Waals surface area contributed by atoms with Crippen molar-refractivity contribution in [2.45, 2.75) is 31.1 Å². The molecule has 0 spiro atoms. The molecule has 0 saturated heterocycles. The summed E-state index contributed by atoms with van der Waals surface area (Å²) in [6, 6.07) is 7.16. The molecule has 19 heavy (non-hydrogen) atoms. The third kappa shape index (κ3) is 4.93. The number of hydrogen-bond acceptors (Lipinski definition) is 3. The molecule has 108 valence electrons. The lowest BCUT2D eigenvalue weighted by atomic mass is 9.99. The van der Waals surface area contributed by atoms with Gasteiger partial charge in [0.25, 0.3) is 0 Å². The maximum atomic E-state index is 12.0. The zero-order valence-corrected chi connectivity index (χ0v) is 13.0. The Kier molecular flexibility index (Phi) is 5.97. The first-order valence-corrected chi connectivity index (χ1v) is 8.09. The van der Waals surface area contributed by atoms with Gasteiger partial charge >= 0.3 is 0 Å². The van der Waals surface area contributed by atoms with Gasteiger partial charge in [0.15, 0.2) is 0 Å². The fraction of sp³-hybridized carbons (Fsp3) is 0.571. The molecule has 4 nitrogen and oxygen atoms in total. The van der Waals surface area contributed by atoms with Gasteiger partial charge in [-0.3, -0.25) is 0 Å². The summed E-state index contributed by atoms with van der Waals surface area (Å²) in [5, 5.41) is 0. The highest BCUT2D eigenvalue weighted by Crippen LogP contribution is 2.20. The van der Waals surface area contributed by atoms with Gasteiger partial charge in [0.05, 0.1) is 4.90 Å². The van der Waals surface area contributed by atoms with Crippen LogP contribution in [0.3, 0.4) is 0 Å². The van der Waals surface area contributed by atoms with Crippen LogP contribution < -0.4 is 4.72 Å². The van der Waals surface area contributed by atoms with Crippen molar-refractivity contribution in [3.8, 4) is 0 Å². The summed E-state index contributed by atoms with van der Waals surface area (Å²) in [7, 11) is 0.442. The average Bonchev–Trinajstić information content (AvgIpc) is 2.37. The normalized spacial score (nSPS) is 13.7. The molecule has 0 saturated carbocycles. The number of benzene rings is 1. The SMILES string of the molecule is CCC(C)c1ccc(S(=O)(=O)NCCN(C)C)cc1. The molecule has 1 aromatic carbocycles. The van der Waals surface area contributed by atoms with Crippen molar-refractivity contribution in [3.05, 3.63) is 29.8 Å². The zero-order valence-electron chi connectivity index (χ0n) is 12.2. The van der Waals surface area contributed by atoms with E-state index in [1.807, 2.05) is 31.1 Å². The minimum atomic E-state index is -3.38. The van der Waals surface area contributed by atoms with Gasteiger partial charge in [0, 0.05) is 13.1 Å². The first kappa shape index (κ1) is 16.1. The van der Waals surface area contributed by atoms with E-state index in [9.17, 15) is 8.42 Å². The van der Waals surface area contributed by atoms with E-state index in [0.717, 1.165) is 6.42 Å². The quantitative estimate of drug-likeness (QED) is 0.833. The van der Waals surface area contributed by atoms with E-state index in [1.54, 1.807) is 12.1 Å². The van der Waals surface area contributed by atoms with E-state index in [4.69, 9.17) is 0 Å². The van der Waals surface area contributed by atoms with Crippen LogP contribution in [0.1, 0.15) is 31.7 Å². The van der Waals surface area contributed by atoms with Crippen LogP contribution in [0.5, 0.6) is 0 Å². The molecule has 0 amide bonds. The summed E-state index contributed by atoms with van der Waals surface area (Å²) >= 11 is 0. The van der Waals surface area contributed by atoms with Crippen LogP contribution in [0.4, 0.5) is 0 Å². The summed E-state index contributed by atoms with van der Waals surface area (Å²) in [5.74, 6) is 0.457. The standard InChI is InChI=1S/C14H24N2O2S/c1-5-12(2)13-6-8-14(9-7-13)19(17,18)15-10-11-16(3)4/h6-9,12,15H,5,10-11H2,1-4H3. The van der Waals surface area contributed by atoms with Crippen molar-refractivity contribution in [2.24, 2.45) is 0 Å². The fourth-order valence-corrected chi connectivity index (χ4v) is 2.72. The molecule has 0 aliphatic heterocycles. The molecule has 1 rings (SSSR count). The molecular weight excluding hydrogens is 260 g/mol. The van der Waals surface area contributed by atoms with Crippen LogP contribution in [0.25, 0.3) is 0 Å². The zero-order chi connectivity index (χ0) is 14.5. The monoisotopic (exact) mass is 284 g/mol. The van der Waals surface area contributed by atoms with Gasteiger partial charge in [-0.2, -0.15) is 0 Å². The van der Waals surface area contributed by atoms with Gasteiger partial charge in [-0.1, -0.05) is 26.0 Å².